The standard InChI is InChI=1S/C36H50N10O10/c1-2-13-55-36(49)41-11-17-53-21-23-54-22-19-51-15-8-30(48)40-10-16-52-20-18-50-14-7-29(47)39-9-3-4-12-46-34-31(33(37)42-25-43-34)32(45-46)26-5-6-28-27(24-26)44-35(38)56-28/h1,5-6,24-25H,3-4,7-23H2,(H2,38,44)(H,39,47)(H,40,48)(H,41,49)(H2,37,42,43). The molecule has 4 aromatic rings. The molecule has 20 heteroatoms. The van der Waals surface area contributed by atoms with Gasteiger partial charge in [0.25, 0.3) is 6.01 Å². The van der Waals surface area contributed by atoms with E-state index in [1.807, 2.05) is 12.1 Å². The molecule has 7 N–H and O–H groups in total. The van der Waals surface area contributed by atoms with Crippen molar-refractivity contribution in [2.45, 2.75) is 32.2 Å². The van der Waals surface area contributed by atoms with Crippen LogP contribution in [0.3, 0.4) is 0 Å². The zero-order valence-corrected chi connectivity index (χ0v) is 31.3. The van der Waals surface area contributed by atoms with Crippen LogP contribution >= 0.6 is 0 Å². The monoisotopic (exact) mass is 782 g/mol. The number of benzene rings is 1. The first-order valence-electron chi connectivity index (χ1n) is 18.2. The molecule has 0 fully saturated rings. The Morgan fingerprint density at radius 3 is 2.09 bits per heavy atom. The van der Waals surface area contributed by atoms with Gasteiger partial charge in [-0.2, -0.15) is 10.1 Å². The third kappa shape index (κ3) is 15.3. The van der Waals surface area contributed by atoms with Crippen LogP contribution in [0.5, 0.6) is 0 Å². The molecule has 0 spiro atoms. The van der Waals surface area contributed by atoms with Crippen molar-refractivity contribution in [2.75, 3.05) is 104 Å². The Hall–Kier alpha value is -5.59. The van der Waals surface area contributed by atoms with Crippen molar-refractivity contribution in [1.29, 1.82) is 0 Å². The van der Waals surface area contributed by atoms with Crippen LogP contribution in [-0.2, 0) is 44.6 Å². The van der Waals surface area contributed by atoms with Crippen molar-refractivity contribution in [3.8, 4) is 23.6 Å². The van der Waals surface area contributed by atoms with E-state index in [-0.39, 0.29) is 50.5 Å². The molecule has 0 aliphatic rings. The number of nitrogens with one attached hydrogen (secondary N) is 3. The smallest absolute Gasteiger partial charge is 0.408 e. The Morgan fingerprint density at radius 1 is 0.786 bits per heavy atom. The van der Waals surface area contributed by atoms with E-state index < -0.39 is 6.09 Å². The van der Waals surface area contributed by atoms with Gasteiger partial charge in [-0.3, -0.25) is 9.59 Å². The van der Waals surface area contributed by atoms with Crippen LogP contribution in [0.1, 0.15) is 25.7 Å². The molecule has 1 aromatic carbocycles. The van der Waals surface area contributed by atoms with E-state index >= 15 is 0 Å². The molecule has 304 valence electrons. The lowest BCUT2D eigenvalue weighted by molar-refractivity contribution is -0.123. The molecule has 0 saturated heterocycles. The summed E-state index contributed by atoms with van der Waals surface area (Å²) < 4.78 is 38.9. The molecule has 56 heavy (non-hydrogen) atoms. The first kappa shape index (κ1) is 43.1. The zero-order chi connectivity index (χ0) is 39.8. The average Bonchev–Trinajstić information content (AvgIpc) is 3.76. The number of hydrogen-bond donors (Lipinski definition) is 5. The molecule has 0 aliphatic heterocycles. The van der Waals surface area contributed by atoms with E-state index in [0.717, 1.165) is 18.4 Å². The molecule has 0 bridgehead atoms. The highest BCUT2D eigenvalue weighted by Gasteiger charge is 2.18. The van der Waals surface area contributed by atoms with Gasteiger partial charge in [-0.25, -0.2) is 19.4 Å². The number of terminal acetylenes is 1. The lowest BCUT2D eigenvalue weighted by Gasteiger charge is -2.09. The van der Waals surface area contributed by atoms with Gasteiger partial charge in [-0.15, -0.1) is 6.42 Å². The lowest BCUT2D eigenvalue weighted by Crippen LogP contribution is -2.28. The molecule has 0 unspecified atom stereocenters. The minimum Gasteiger partial charge on any atom is -0.436 e. The summed E-state index contributed by atoms with van der Waals surface area (Å²) in [5.74, 6) is 2.28. The topological polar surface area (TPSA) is 264 Å². The van der Waals surface area contributed by atoms with Crippen LogP contribution < -0.4 is 27.4 Å². The number of aryl methyl sites for hydroxylation is 1. The van der Waals surface area contributed by atoms with Crippen molar-refractivity contribution in [3.63, 3.8) is 0 Å². The van der Waals surface area contributed by atoms with Crippen molar-refractivity contribution in [2.24, 2.45) is 0 Å². The van der Waals surface area contributed by atoms with E-state index in [1.54, 1.807) is 10.7 Å². The van der Waals surface area contributed by atoms with Crippen molar-refractivity contribution in [1.82, 2.24) is 40.7 Å². The lowest BCUT2D eigenvalue weighted by atomic mass is 10.1. The molecule has 4 rings (SSSR count). The number of oxazole rings is 1. The van der Waals surface area contributed by atoms with Gasteiger partial charge in [0.1, 0.15) is 23.4 Å². The molecular weight excluding hydrogens is 732 g/mol. The summed E-state index contributed by atoms with van der Waals surface area (Å²) in [5.41, 5.74) is 15.1. The van der Waals surface area contributed by atoms with Crippen LogP contribution in [0.25, 0.3) is 33.4 Å². The molecule has 3 aromatic heterocycles. The van der Waals surface area contributed by atoms with Crippen LogP contribution in [-0.4, -0.2) is 135 Å². The van der Waals surface area contributed by atoms with Gasteiger partial charge in [0.15, 0.2) is 17.8 Å². The number of carbonyl (C=O) groups excluding carboxylic acids is 3. The molecule has 0 saturated carbocycles. The van der Waals surface area contributed by atoms with Gasteiger partial charge in [-0.05, 0) is 31.0 Å². The van der Waals surface area contributed by atoms with Gasteiger partial charge < -0.3 is 60.3 Å². The summed E-state index contributed by atoms with van der Waals surface area (Å²) in [5, 5.41) is 13.6. The number of aromatic nitrogens is 5. The molecule has 0 atom stereocenters. The maximum Gasteiger partial charge on any atom is 0.408 e. The van der Waals surface area contributed by atoms with E-state index in [1.165, 1.54) is 6.33 Å². The summed E-state index contributed by atoms with van der Waals surface area (Å²) in [6, 6.07) is 5.56. The van der Waals surface area contributed by atoms with E-state index in [9.17, 15) is 14.4 Å². The summed E-state index contributed by atoms with van der Waals surface area (Å²) in [4.78, 5) is 48.1. The van der Waals surface area contributed by atoms with Crippen molar-refractivity contribution >= 4 is 51.9 Å². The highest BCUT2D eigenvalue weighted by Crippen LogP contribution is 2.32. The predicted molar refractivity (Wildman–Crippen MR) is 204 cm³/mol. The summed E-state index contributed by atoms with van der Waals surface area (Å²) >= 11 is 0. The van der Waals surface area contributed by atoms with E-state index in [0.29, 0.717) is 113 Å². The fourth-order valence-corrected chi connectivity index (χ4v) is 5.11. The number of nitrogens with zero attached hydrogens (tertiary/aromatic N) is 5. The normalized spacial score (nSPS) is 11.1. The largest absolute Gasteiger partial charge is 0.436 e. The molecule has 0 aliphatic carbocycles. The fourth-order valence-electron chi connectivity index (χ4n) is 5.11. The third-order valence-electron chi connectivity index (χ3n) is 7.79. The number of anilines is 2. The average molecular weight is 783 g/mol. The highest BCUT2D eigenvalue weighted by molar-refractivity contribution is 5.99. The number of amides is 3. The molecular formula is C36H50N10O10. The van der Waals surface area contributed by atoms with E-state index in [4.69, 9.17) is 51.1 Å². The number of nitrogens with two attached hydrogens (primary N) is 2. The maximum atomic E-state index is 12.2. The molecule has 0 radical (unpaired) electrons. The maximum absolute atomic E-state index is 12.2. The second kappa shape index (κ2) is 24.7. The number of unbranched alkanes of at least 4 members (excludes halogenated alkanes) is 1. The minimum atomic E-state index is -0.589. The fraction of sp³-hybridized carbons (Fsp3) is 0.528. The number of hydrogen-bond acceptors (Lipinski definition) is 16. The number of rotatable bonds is 28. The Morgan fingerprint density at radius 2 is 1.41 bits per heavy atom. The van der Waals surface area contributed by atoms with Crippen LogP contribution in [0.4, 0.5) is 16.6 Å². The van der Waals surface area contributed by atoms with Crippen molar-refractivity contribution < 1.29 is 47.2 Å². The van der Waals surface area contributed by atoms with Crippen molar-refractivity contribution in [3.05, 3.63) is 24.5 Å². The van der Waals surface area contributed by atoms with E-state index in [2.05, 4.69) is 41.6 Å². The third-order valence-corrected chi connectivity index (χ3v) is 7.79. The molecule has 3 heterocycles. The first-order chi connectivity index (χ1) is 27.4. The number of fused-ring (bicyclic) bond motifs is 2. The van der Waals surface area contributed by atoms with Crippen LogP contribution in [0, 0.1) is 12.3 Å². The molecule has 20 nitrogen and oxygen atoms in total. The second-order valence-electron chi connectivity index (χ2n) is 11.9. The number of ether oxygens (including phenoxy) is 6. The second-order valence-corrected chi connectivity index (χ2v) is 11.9. The SMILES string of the molecule is C#CCOC(=O)NCCOCCOCCOCCC(=O)NCCOCCOCCC(=O)NCCCCn1nc(-c2ccc3oc(N)nc3c2)c2c(N)ncnc21. The highest BCUT2D eigenvalue weighted by atomic mass is 16.6. The summed E-state index contributed by atoms with van der Waals surface area (Å²) in [6.45, 7) is 4.98. The number of nitrogen functional groups attached to an aromatic ring is 2. The summed E-state index contributed by atoms with van der Waals surface area (Å²) in [6.07, 6.45) is 7.75. The Bertz CT molecular complexity index is 1860. The quantitative estimate of drug-likeness (QED) is 0.0398. The summed E-state index contributed by atoms with van der Waals surface area (Å²) in [7, 11) is 0. The van der Waals surface area contributed by atoms with Gasteiger partial charge in [0.2, 0.25) is 11.8 Å². The number of alkyl carbamates (subject to hydrolysis) is 1. The predicted octanol–water partition coefficient (Wildman–Crippen LogP) is 1.03. The number of carbonyl (C=O) groups is 3. The first-order valence-corrected chi connectivity index (χ1v) is 18.2. The zero-order valence-electron chi connectivity index (χ0n) is 31.3. The van der Waals surface area contributed by atoms with Crippen LogP contribution in [0.15, 0.2) is 28.9 Å². The van der Waals surface area contributed by atoms with Gasteiger partial charge >= 0.3 is 6.09 Å². The Kier molecular flexibility index (Phi) is 19.1. The molecule has 3 amide bonds. The van der Waals surface area contributed by atoms with Gasteiger partial charge in [-0.1, -0.05) is 5.92 Å². The van der Waals surface area contributed by atoms with Crippen LogP contribution in [0.2, 0.25) is 0 Å². The Labute approximate surface area is 323 Å². The Balaban J connectivity index is 0.932. The van der Waals surface area contributed by atoms with Gasteiger partial charge in [0, 0.05) is 44.6 Å². The minimum absolute atomic E-state index is 0.0791. The van der Waals surface area contributed by atoms with Gasteiger partial charge in [0.05, 0.1) is 71.5 Å².